The predicted molar refractivity (Wildman–Crippen MR) is 104 cm³/mol. The molecule has 0 aromatic heterocycles. The van der Waals surface area contributed by atoms with Gasteiger partial charge in [0.2, 0.25) is 0 Å². The lowest BCUT2D eigenvalue weighted by Crippen LogP contribution is -3.00. The Morgan fingerprint density at radius 2 is 1.24 bits per heavy atom. The summed E-state index contributed by atoms with van der Waals surface area (Å²) in [6.07, 6.45) is 15.8. The van der Waals surface area contributed by atoms with E-state index in [1.165, 1.54) is 64.2 Å². The molecule has 4 heteroatoms. The summed E-state index contributed by atoms with van der Waals surface area (Å²) in [7, 11) is 6.44. The highest BCUT2D eigenvalue weighted by molar-refractivity contribution is 5.72. The summed E-state index contributed by atoms with van der Waals surface area (Å²) in [6.45, 7) is 5.53. The van der Waals surface area contributed by atoms with Crippen molar-refractivity contribution in [3.63, 3.8) is 0 Å². The average Bonchev–Trinajstić information content (AvgIpc) is 2.50. The number of rotatable bonds is 16. The van der Waals surface area contributed by atoms with Gasteiger partial charge >= 0.3 is 5.97 Å². The van der Waals surface area contributed by atoms with Crippen molar-refractivity contribution in [2.75, 3.05) is 34.3 Å². The lowest BCUT2D eigenvalue weighted by Gasteiger charge is -2.28. The van der Waals surface area contributed by atoms with Crippen LogP contribution in [0, 0.1) is 5.92 Å². The minimum atomic E-state index is -0.00220. The van der Waals surface area contributed by atoms with Gasteiger partial charge in [0.05, 0.1) is 34.3 Å². The Morgan fingerprint density at radius 1 is 0.800 bits per heavy atom. The first kappa shape index (κ1) is 27.1. The Bertz CT molecular complexity index is 303. The molecule has 0 amide bonds. The number of halogens is 1. The molecule has 0 aliphatic heterocycles. The van der Waals surface area contributed by atoms with Gasteiger partial charge in [0.15, 0.2) is 0 Å². The summed E-state index contributed by atoms with van der Waals surface area (Å²) in [5, 5.41) is 0. The first-order chi connectivity index (χ1) is 11.4. The third kappa shape index (κ3) is 18.5. The molecule has 1 unspecified atom stereocenters. The van der Waals surface area contributed by atoms with Crippen molar-refractivity contribution in [1.82, 2.24) is 0 Å². The fourth-order valence-electron chi connectivity index (χ4n) is 3.26. The number of hydrogen-bond acceptors (Lipinski definition) is 2. The molecule has 0 saturated heterocycles. The Kier molecular flexibility index (Phi) is 18.8. The SMILES string of the molecule is CCCCCCCCCCCCCC(C[N+](C)(C)C)C(=O)OCC.[Br-]. The van der Waals surface area contributed by atoms with E-state index in [1.54, 1.807) is 0 Å². The molecule has 25 heavy (non-hydrogen) atoms. The normalized spacial score (nSPS) is 12.5. The lowest BCUT2D eigenvalue weighted by molar-refractivity contribution is -0.872. The van der Waals surface area contributed by atoms with Crippen molar-refractivity contribution in [3.8, 4) is 0 Å². The highest BCUT2D eigenvalue weighted by Gasteiger charge is 2.25. The van der Waals surface area contributed by atoms with E-state index in [-0.39, 0.29) is 28.9 Å². The molecule has 0 aromatic carbocycles. The van der Waals surface area contributed by atoms with E-state index in [1.807, 2.05) is 6.92 Å². The zero-order valence-electron chi connectivity index (χ0n) is 17.6. The largest absolute Gasteiger partial charge is 1.00 e. The van der Waals surface area contributed by atoms with E-state index < -0.39 is 0 Å². The highest BCUT2D eigenvalue weighted by Crippen LogP contribution is 2.17. The Balaban J connectivity index is 0. The van der Waals surface area contributed by atoms with E-state index in [4.69, 9.17) is 4.74 Å². The molecule has 0 heterocycles. The molecule has 0 N–H and O–H groups in total. The second-order valence-corrected chi connectivity index (χ2v) is 8.25. The highest BCUT2D eigenvalue weighted by atomic mass is 79.9. The van der Waals surface area contributed by atoms with Crippen molar-refractivity contribution in [1.29, 1.82) is 0 Å². The van der Waals surface area contributed by atoms with Gasteiger partial charge in [-0.2, -0.15) is 0 Å². The minimum Gasteiger partial charge on any atom is -1.00 e. The lowest BCUT2D eigenvalue weighted by atomic mass is 9.99. The maximum absolute atomic E-state index is 12.1. The van der Waals surface area contributed by atoms with E-state index >= 15 is 0 Å². The van der Waals surface area contributed by atoms with Crippen LogP contribution in [-0.4, -0.2) is 44.7 Å². The fourth-order valence-corrected chi connectivity index (χ4v) is 3.26. The van der Waals surface area contributed by atoms with Crippen LogP contribution in [0.25, 0.3) is 0 Å². The number of esters is 1. The van der Waals surface area contributed by atoms with Crippen molar-refractivity contribution in [3.05, 3.63) is 0 Å². The monoisotopic (exact) mass is 421 g/mol. The van der Waals surface area contributed by atoms with Gasteiger partial charge in [-0.15, -0.1) is 0 Å². The minimum absolute atomic E-state index is 0. The summed E-state index contributed by atoms with van der Waals surface area (Å²) >= 11 is 0. The van der Waals surface area contributed by atoms with Crippen LogP contribution in [-0.2, 0) is 9.53 Å². The van der Waals surface area contributed by atoms with Crippen LogP contribution >= 0.6 is 0 Å². The number of hydrogen-bond donors (Lipinski definition) is 0. The third-order valence-corrected chi connectivity index (χ3v) is 4.54. The summed E-state index contributed by atoms with van der Waals surface area (Å²) in [4.78, 5) is 12.1. The Hall–Kier alpha value is -0.0900. The van der Waals surface area contributed by atoms with Gasteiger partial charge in [-0.25, -0.2) is 0 Å². The van der Waals surface area contributed by atoms with Gasteiger partial charge in [0.25, 0.3) is 0 Å². The number of carbonyl (C=O) groups is 1. The third-order valence-electron chi connectivity index (χ3n) is 4.54. The summed E-state index contributed by atoms with van der Waals surface area (Å²) in [5.41, 5.74) is 0. The molecule has 1 atom stereocenters. The average molecular weight is 422 g/mol. The topological polar surface area (TPSA) is 26.3 Å². The fraction of sp³-hybridized carbons (Fsp3) is 0.952. The molecule has 0 radical (unpaired) electrons. The molecule has 0 saturated carbocycles. The first-order valence-electron chi connectivity index (χ1n) is 10.4. The molecule has 0 rings (SSSR count). The second kappa shape index (κ2) is 17.3. The van der Waals surface area contributed by atoms with Crippen molar-refractivity contribution in [2.24, 2.45) is 5.92 Å². The van der Waals surface area contributed by atoms with Crippen molar-refractivity contribution in [2.45, 2.75) is 90.9 Å². The van der Waals surface area contributed by atoms with E-state index in [2.05, 4.69) is 28.1 Å². The molecule has 3 nitrogen and oxygen atoms in total. The van der Waals surface area contributed by atoms with Crippen molar-refractivity contribution < 1.29 is 31.0 Å². The van der Waals surface area contributed by atoms with Crippen LogP contribution in [0.5, 0.6) is 0 Å². The smallest absolute Gasteiger partial charge is 0.314 e. The molecule has 0 spiro atoms. The number of carbonyl (C=O) groups excluding carboxylic acids is 1. The van der Waals surface area contributed by atoms with E-state index in [9.17, 15) is 4.79 Å². The predicted octanol–water partition coefficient (Wildman–Crippen LogP) is 2.58. The molecule has 0 bridgehead atoms. The number of quaternary nitrogens is 1. The van der Waals surface area contributed by atoms with Gasteiger partial charge in [-0.05, 0) is 13.3 Å². The molecule has 0 aliphatic carbocycles. The van der Waals surface area contributed by atoms with Crippen LogP contribution in [0.3, 0.4) is 0 Å². The van der Waals surface area contributed by atoms with Gasteiger partial charge in [-0.3, -0.25) is 4.79 Å². The van der Waals surface area contributed by atoms with Gasteiger partial charge in [0, 0.05) is 0 Å². The standard InChI is InChI=1S/C21H44NO2.BrH/c1-6-8-9-10-11-12-13-14-15-16-17-18-20(19-22(3,4)5)21(23)24-7-2;/h20H,6-19H2,1-5H3;1H/q+1;/p-1. The Morgan fingerprint density at radius 3 is 1.64 bits per heavy atom. The summed E-state index contributed by atoms with van der Waals surface area (Å²) in [6, 6.07) is 0. The first-order valence-corrected chi connectivity index (χ1v) is 10.4. The molecular weight excluding hydrogens is 378 g/mol. The van der Waals surface area contributed by atoms with Crippen molar-refractivity contribution >= 4 is 5.97 Å². The van der Waals surface area contributed by atoms with E-state index in [0.717, 1.165) is 23.9 Å². The maximum atomic E-state index is 12.1. The van der Waals surface area contributed by atoms with E-state index in [0.29, 0.717) is 6.61 Å². The van der Waals surface area contributed by atoms with Crippen LogP contribution in [0.2, 0.25) is 0 Å². The number of unbranched alkanes of at least 4 members (excludes halogenated alkanes) is 10. The molecule has 152 valence electrons. The zero-order chi connectivity index (χ0) is 18.3. The molecule has 0 aliphatic rings. The molecule has 0 fully saturated rings. The quantitative estimate of drug-likeness (QED) is 0.217. The Labute approximate surface area is 168 Å². The zero-order valence-corrected chi connectivity index (χ0v) is 19.2. The van der Waals surface area contributed by atoms with Gasteiger partial charge in [0.1, 0.15) is 5.92 Å². The summed E-state index contributed by atoms with van der Waals surface area (Å²) < 4.78 is 6.07. The number of nitrogens with zero attached hydrogens (tertiary/aromatic N) is 1. The van der Waals surface area contributed by atoms with Gasteiger partial charge < -0.3 is 26.2 Å². The van der Waals surface area contributed by atoms with Gasteiger partial charge in [-0.1, -0.05) is 77.6 Å². The van der Waals surface area contributed by atoms with Crippen LogP contribution in [0.15, 0.2) is 0 Å². The maximum Gasteiger partial charge on any atom is 0.314 e. The van der Waals surface area contributed by atoms with Crippen LogP contribution in [0.4, 0.5) is 0 Å². The van der Waals surface area contributed by atoms with Crippen LogP contribution in [0.1, 0.15) is 90.9 Å². The number of ether oxygens (including phenoxy) is 1. The second-order valence-electron chi connectivity index (χ2n) is 8.25. The molecular formula is C21H44BrNO2. The van der Waals surface area contributed by atoms with Crippen LogP contribution < -0.4 is 17.0 Å². The molecule has 0 aromatic rings. The summed E-state index contributed by atoms with van der Waals surface area (Å²) in [5.74, 6) is 0.0566.